The number of likely N-dealkylation sites (tertiary alicyclic amines) is 1. The summed E-state index contributed by atoms with van der Waals surface area (Å²) in [6, 6.07) is 0. The number of rotatable bonds is 8. The van der Waals surface area contributed by atoms with Gasteiger partial charge in [0, 0.05) is 5.54 Å². The largest absolute Gasteiger partial charge is 0.394 e. The van der Waals surface area contributed by atoms with Crippen molar-refractivity contribution in [2.75, 3.05) is 32.8 Å². The van der Waals surface area contributed by atoms with E-state index in [1.165, 1.54) is 58.2 Å². The molecule has 0 aromatic rings. The molecule has 0 saturated carbocycles. The molecule has 0 aromatic carbocycles. The molecule has 0 amide bonds. The molecule has 0 aliphatic carbocycles. The standard InChI is InChI=1S/C16H34N2O/c1-3-16(15-19,17-4-2)11-10-14-18-12-8-6-5-7-9-13-18/h17,19H,3-15H2,1-2H3. The van der Waals surface area contributed by atoms with E-state index in [-0.39, 0.29) is 12.1 Å². The molecule has 0 spiro atoms. The number of nitrogens with zero attached hydrogens (tertiary/aromatic N) is 1. The van der Waals surface area contributed by atoms with E-state index >= 15 is 0 Å². The van der Waals surface area contributed by atoms with Crippen LogP contribution < -0.4 is 5.32 Å². The molecule has 1 saturated heterocycles. The van der Waals surface area contributed by atoms with Gasteiger partial charge in [-0.25, -0.2) is 0 Å². The fourth-order valence-corrected chi connectivity index (χ4v) is 3.19. The van der Waals surface area contributed by atoms with Crippen molar-refractivity contribution >= 4 is 0 Å². The SMILES string of the molecule is CCNC(CC)(CO)CCCN1CCCCCCC1. The number of likely N-dealkylation sites (N-methyl/N-ethyl adjacent to an activating group) is 1. The minimum absolute atomic E-state index is 0.0442. The molecule has 0 radical (unpaired) electrons. The Morgan fingerprint density at radius 2 is 1.68 bits per heavy atom. The van der Waals surface area contributed by atoms with E-state index in [0.717, 1.165) is 19.4 Å². The number of nitrogens with one attached hydrogen (secondary N) is 1. The molecule has 114 valence electrons. The molecule has 1 fully saturated rings. The van der Waals surface area contributed by atoms with Crippen LogP contribution in [0.2, 0.25) is 0 Å². The smallest absolute Gasteiger partial charge is 0.0613 e. The Bertz CT molecular complexity index is 209. The van der Waals surface area contributed by atoms with Gasteiger partial charge in [0.2, 0.25) is 0 Å². The second-order valence-corrected chi connectivity index (χ2v) is 6.04. The van der Waals surface area contributed by atoms with Crippen molar-refractivity contribution in [1.82, 2.24) is 10.2 Å². The summed E-state index contributed by atoms with van der Waals surface area (Å²) in [5.74, 6) is 0. The lowest BCUT2D eigenvalue weighted by molar-refractivity contribution is 0.138. The number of aliphatic hydroxyl groups excluding tert-OH is 1. The Labute approximate surface area is 119 Å². The Morgan fingerprint density at radius 1 is 1.05 bits per heavy atom. The zero-order valence-corrected chi connectivity index (χ0v) is 13.1. The average molecular weight is 270 g/mol. The van der Waals surface area contributed by atoms with Crippen molar-refractivity contribution in [1.29, 1.82) is 0 Å². The van der Waals surface area contributed by atoms with Gasteiger partial charge in [-0.2, -0.15) is 0 Å². The lowest BCUT2D eigenvalue weighted by atomic mass is 9.91. The summed E-state index contributed by atoms with van der Waals surface area (Å²) in [5.41, 5.74) is -0.0442. The minimum Gasteiger partial charge on any atom is -0.394 e. The molecular weight excluding hydrogens is 236 g/mol. The van der Waals surface area contributed by atoms with Crippen LogP contribution in [0.1, 0.15) is 65.2 Å². The van der Waals surface area contributed by atoms with Crippen LogP contribution in [-0.4, -0.2) is 48.3 Å². The highest BCUT2D eigenvalue weighted by Crippen LogP contribution is 2.18. The lowest BCUT2D eigenvalue weighted by Gasteiger charge is -2.33. The number of hydrogen-bond acceptors (Lipinski definition) is 3. The quantitative estimate of drug-likeness (QED) is 0.712. The zero-order chi connectivity index (χ0) is 14.0. The Hall–Kier alpha value is -0.120. The first-order valence-corrected chi connectivity index (χ1v) is 8.34. The minimum atomic E-state index is -0.0442. The van der Waals surface area contributed by atoms with Crippen molar-refractivity contribution < 1.29 is 5.11 Å². The van der Waals surface area contributed by atoms with Crippen molar-refractivity contribution in [3.05, 3.63) is 0 Å². The van der Waals surface area contributed by atoms with Crippen molar-refractivity contribution in [3.63, 3.8) is 0 Å². The summed E-state index contributed by atoms with van der Waals surface area (Å²) in [4.78, 5) is 2.63. The fourth-order valence-electron chi connectivity index (χ4n) is 3.19. The number of hydrogen-bond donors (Lipinski definition) is 2. The molecule has 0 bridgehead atoms. The van der Waals surface area contributed by atoms with E-state index in [2.05, 4.69) is 24.1 Å². The third kappa shape index (κ3) is 6.24. The predicted octanol–water partition coefficient (Wildman–Crippen LogP) is 2.78. The van der Waals surface area contributed by atoms with E-state index in [1.54, 1.807) is 0 Å². The summed E-state index contributed by atoms with van der Waals surface area (Å²) in [5, 5.41) is 13.1. The maximum atomic E-state index is 9.65. The maximum Gasteiger partial charge on any atom is 0.0613 e. The van der Waals surface area contributed by atoms with Crippen LogP contribution in [0.4, 0.5) is 0 Å². The van der Waals surface area contributed by atoms with Gasteiger partial charge in [0.25, 0.3) is 0 Å². The highest BCUT2D eigenvalue weighted by molar-refractivity contribution is 4.85. The topological polar surface area (TPSA) is 35.5 Å². The van der Waals surface area contributed by atoms with Gasteiger partial charge >= 0.3 is 0 Å². The summed E-state index contributed by atoms with van der Waals surface area (Å²) in [6.07, 6.45) is 10.3. The molecule has 3 heteroatoms. The van der Waals surface area contributed by atoms with Gasteiger partial charge in [-0.05, 0) is 58.3 Å². The summed E-state index contributed by atoms with van der Waals surface area (Å²) in [7, 11) is 0. The Kier molecular flexibility index (Phi) is 8.67. The van der Waals surface area contributed by atoms with E-state index in [1.807, 2.05) is 0 Å². The van der Waals surface area contributed by atoms with E-state index < -0.39 is 0 Å². The molecule has 1 aliphatic heterocycles. The normalized spacial score (nSPS) is 21.6. The summed E-state index contributed by atoms with van der Waals surface area (Å²) in [6.45, 7) is 9.26. The molecule has 1 unspecified atom stereocenters. The molecule has 1 rings (SSSR count). The second kappa shape index (κ2) is 9.73. The van der Waals surface area contributed by atoms with Gasteiger partial charge in [0.05, 0.1) is 6.61 Å². The third-order valence-corrected chi connectivity index (χ3v) is 4.61. The van der Waals surface area contributed by atoms with E-state index in [0.29, 0.717) is 0 Å². The summed E-state index contributed by atoms with van der Waals surface area (Å²) < 4.78 is 0. The van der Waals surface area contributed by atoms with E-state index in [4.69, 9.17) is 0 Å². The monoisotopic (exact) mass is 270 g/mol. The highest BCUT2D eigenvalue weighted by atomic mass is 16.3. The maximum absolute atomic E-state index is 9.65. The summed E-state index contributed by atoms with van der Waals surface area (Å²) >= 11 is 0. The molecule has 0 aromatic heterocycles. The third-order valence-electron chi connectivity index (χ3n) is 4.61. The van der Waals surface area contributed by atoms with Gasteiger partial charge < -0.3 is 15.3 Å². The Balaban J connectivity index is 2.29. The van der Waals surface area contributed by atoms with Crippen molar-refractivity contribution in [2.24, 2.45) is 0 Å². The molecular formula is C16H34N2O. The van der Waals surface area contributed by atoms with Crippen LogP contribution in [0.5, 0.6) is 0 Å². The number of aliphatic hydroxyl groups is 1. The van der Waals surface area contributed by atoms with Crippen LogP contribution in [0, 0.1) is 0 Å². The van der Waals surface area contributed by atoms with Gasteiger partial charge in [-0.3, -0.25) is 0 Å². The van der Waals surface area contributed by atoms with E-state index in [9.17, 15) is 5.11 Å². The Morgan fingerprint density at radius 3 is 2.21 bits per heavy atom. The van der Waals surface area contributed by atoms with Gasteiger partial charge in [0.15, 0.2) is 0 Å². The van der Waals surface area contributed by atoms with Crippen LogP contribution in [0.3, 0.4) is 0 Å². The molecule has 19 heavy (non-hydrogen) atoms. The van der Waals surface area contributed by atoms with Crippen LogP contribution in [-0.2, 0) is 0 Å². The second-order valence-electron chi connectivity index (χ2n) is 6.04. The average Bonchev–Trinajstić information content (AvgIpc) is 2.40. The van der Waals surface area contributed by atoms with Crippen LogP contribution >= 0.6 is 0 Å². The highest BCUT2D eigenvalue weighted by Gasteiger charge is 2.25. The van der Waals surface area contributed by atoms with Crippen LogP contribution in [0.25, 0.3) is 0 Å². The van der Waals surface area contributed by atoms with Gasteiger partial charge in [-0.1, -0.05) is 33.1 Å². The zero-order valence-electron chi connectivity index (χ0n) is 13.1. The van der Waals surface area contributed by atoms with Gasteiger partial charge in [0.1, 0.15) is 0 Å². The fraction of sp³-hybridized carbons (Fsp3) is 1.00. The van der Waals surface area contributed by atoms with Crippen molar-refractivity contribution in [2.45, 2.75) is 70.8 Å². The van der Waals surface area contributed by atoms with Crippen LogP contribution in [0.15, 0.2) is 0 Å². The first-order valence-electron chi connectivity index (χ1n) is 8.34. The first-order chi connectivity index (χ1) is 9.26. The predicted molar refractivity (Wildman–Crippen MR) is 82.5 cm³/mol. The lowest BCUT2D eigenvalue weighted by Crippen LogP contribution is -2.48. The molecule has 1 atom stereocenters. The van der Waals surface area contributed by atoms with Gasteiger partial charge in [-0.15, -0.1) is 0 Å². The molecule has 1 aliphatic rings. The molecule has 2 N–H and O–H groups in total. The molecule has 1 heterocycles. The van der Waals surface area contributed by atoms with Crippen molar-refractivity contribution in [3.8, 4) is 0 Å². The molecule has 3 nitrogen and oxygen atoms in total. The first kappa shape index (κ1) is 16.9.